The van der Waals surface area contributed by atoms with Crippen LogP contribution in [0.4, 0.5) is 13.2 Å². The second kappa shape index (κ2) is 6.94. The maximum Gasteiger partial charge on any atom is 0.422 e. The molecule has 2 N–H and O–H groups in total. The van der Waals surface area contributed by atoms with Gasteiger partial charge in [-0.1, -0.05) is 6.07 Å². The summed E-state index contributed by atoms with van der Waals surface area (Å²) in [5.74, 6) is -0.0687. The predicted molar refractivity (Wildman–Crippen MR) is 88.4 cm³/mol. The van der Waals surface area contributed by atoms with E-state index >= 15 is 0 Å². The van der Waals surface area contributed by atoms with Gasteiger partial charge in [-0.15, -0.1) is 0 Å². The van der Waals surface area contributed by atoms with Crippen LogP contribution < -0.4 is 4.74 Å². The van der Waals surface area contributed by atoms with Gasteiger partial charge in [0.1, 0.15) is 17.0 Å². The van der Waals surface area contributed by atoms with Crippen LogP contribution in [-0.2, 0) is 16.6 Å². The van der Waals surface area contributed by atoms with E-state index in [1.807, 2.05) is 0 Å². The van der Waals surface area contributed by atoms with Gasteiger partial charge in [0.15, 0.2) is 11.8 Å². The number of phenolic OH excluding ortho intramolecular Hbond substituents is 1. The number of rotatable bonds is 5. The van der Waals surface area contributed by atoms with Gasteiger partial charge in [-0.3, -0.25) is 9.19 Å². The highest BCUT2D eigenvalue weighted by Gasteiger charge is 2.29. The number of nitrogens with zero attached hydrogens (tertiary/aromatic N) is 2. The molecule has 2 aromatic heterocycles. The number of hydrogen-bond donors (Lipinski definition) is 2. The minimum atomic E-state index is -4.45. The van der Waals surface area contributed by atoms with Crippen LogP contribution >= 0.6 is 0 Å². The molecule has 0 saturated carbocycles. The van der Waals surface area contributed by atoms with Crippen LogP contribution in [0.1, 0.15) is 11.3 Å². The summed E-state index contributed by atoms with van der Waals surface area (Å²) in [7, 11) is -1.63. The molecule has 2 heterocycles. The van der Waals surface area contributed by atoms with Gasteiger partial charge in [-0.25, -0.2) is 4.98 Å². The number of nitrogens with one attached hydrogen (secondary N) is 1. The zero-order chi connectivity index (χ0) is 18.9. The Kier molecular flexibility index (Phi) is 4.86. The molecular weight excluding hydrogens is 371 g/mol. The maximum atomic E-state index is 12.6. The number of hydrogen-bond acceptors (Lipinski definition) is 5. The van der Waals surface area contributed by atoms with E-state index in [0.29, 0.717) is 22.3 Å². The minimum absolute atomic E-state index is 0.0339. The molecule has 1 atom stereocenters. The van der Waals surface area contributed by atoms with Crippen LogP contribution in [0, 0.1) is 6.92 Å². The van der Waals surface area contributed by atoms with Gasteiger partial charge in [0.05, 0.1) is 27.8 Å². The van der Waals surface area contributed by atoms with E-state index in [0.717, 1.165) is 0 Å². The van der Waals surface area contributed by atoms with Gasteiger partial charge >= 0.3 is 6.18 Å². The molecule has 0 aliphatic rings. The van der Waals surface area contributed by atoms with E-state index in [-0.39, 0.29) is 22.4 Å². The third-order valence-electron chi connectivity index (χ3n) is 3.60. The lowest BCUT2D eigenvalue weighted by Crippen LogP contribution is -2.19. The van der Waals surface area contributed by atoms with Gasteiger partial charge in [0.2, 0.25) is 0 Å². The van der Waals surface area contributed by atoms with E-state index in [1.54, 1.807) is 19.1 Å². The van der Waals surface area contributed by atoms with Crippen molar-refractivity contribution in [3.05, 3.63) is 41.7 Å². The molecule has 0 radical (unpaired) electrons. The van der Waals surface area contributed by atoms with Gasteiger partial charge in [0.25, 0.3) is 0 Å². The van der Waals surface area contributed by atoms with Crippen molar-refractivity contribution in [3.63, 3.8) is 0 Å². The molecule has 0 aliphatic carbocycles. The second-order valence-electron chi connectivity index (χ2n) is 5.49. The molecule has 0 aliphatic heterocycles. The summed E-state index contributed by atoms with van der Waals surface area (Å²) in [6, 6.07) is 6.09. The second-order valence-corrected chi connectivity index (χ2v) is 6.86. The first-order valence-electron chi connectivity index (χ1n) is 7.44. The van der Waals surface area contributed by atoms with Crippen LogP contribution in [0.25, 0.3) is 11.0 Å². The third-order valence-corrected chi connectivity index (χ3v) is 4.76. The molecule has 1 aromatic carbocycles. The Bertz CT molecular complexity index is 972. The third kappa shape index (κ3) is 3.96. The Hall–Kier alpha value is -2.62. The van der Waals surface area contributed by atoms with Crippen molar-refractivity contribution in [1.82, 2.24) is 15.0 Å². The van der Waals surface area contributed by atoms with Gasteiger partial charge in [-0.2, -0.15) is 13.2 Å². The fourth-order valence-electron chi connectivity index (χ4n) is 2.32. The fourth-order valence-corrected chi connectivity index (χ4v) is 3.41. The van der Waals surface area contributed by atoms with E-state index in [4.69, 9.17) is 4.74 Å². The Morgan fingerprint density at radius 2 is 2.08 bits per heavy atom. The average molecular weight is 385 g/mol. The smallest absolute Gasteiger partial charge is 0.422 e. The molecule has 6 nitrogen and oxygen atoms in total. The zero-order valence-electron chi connectivity index (χ0n) is 13.5. The number of para-hydroxylation sites is 1. The molecular formula is C16H14F3N3O3S. The number of halogens is 3. The number of pyridine rings is 1. The molecule has 10 heteroatoms. The highest BCUT2D eigenvalue weighted by atomic mass is 32.2. The van der Waals surface area contributed by atoms with Crippen molar-refractivity contribution in [2.45, 2.75) is 24.0 Å². The quantitative estimate of drug-likeness (QED) is 0.704. The summed E-state index contributed by atoms with van der Waals surface area (Å²) in [6.45, 7) is 0.138. The first-order valence-corrected chi connectivity index (χ1v) is 8.76. The Balaban J connectivity index is 1.81. The average Bonchev–Trinajstić information content (AvgIpc) is 3.00. The SMILES string of the molecule is Cc1c(OCC(F)(F)F)ccnc1C[S@](=O)c1nc2c(O)cccc2[nH]1. The normalized spacial score (nSPS) is 13.1. The Morgan fingerprint density at radius 3 is 2.77 bits per heavy atom. The Morgan fingerprint density at radius 1 is 1.31 bits per heavy atom. The predicted octanol–water partition coefficient (Wildman–Crippen LogP) is 3.22. The number of aromatic hydroxyl groups is 1. The van der Waals surface area contributed by atoms with Gasteiger partial charge < -0.3 is 14.8 Å². The summed E-state index contributed by atoms with van der Waals surface area (Å²) in [5, 5.41) is 9.90. The molecule has 0 bridgehead atoms. The number of fused-ring (bicyclic) bond motifs is 1. The number of phenols is 1. The molecule has 0 amide bonds. The van der Waals surface area contributed by atoms with Crippen LogP contribution in [0.15, 0.2) is 35.6 Å². The van der Waals surface area contributed by atoms with Gasteiger partial charge in [0, 0.05) is 11.8 Å². The molecule has 3 rings (SSSR count). The van der Waals surface area contributed by atoms with Crippen LogP contribution in [0.2, 0.25) is 0 Å². The van der Waals surface area contributed by atoms with Crippen molar-refractivity contribution >= 4 is 21.8 Å². The number of benzene rings is 1. The molecule has 0 unspecified atom stereocenters. The molecule has 0 fully saturated rings. The van der Waals surface area contributed by atoms with E-state index in [2.05, 4.69) is 15.0 Å². The zero-order valence-corrected chi connectivity index (χ0v) is 14.3. The first kappa shape index (κ1) is 18.2. The number of aromatic amines is 1. The molecule has 3 aromatic rings. The fraction of sp³-hybridized carbons (Fsp3) is 0.250. The van der Waals surface area contributed by atoms with E-state index < -0.39 is 23.6 Å². The van der Waals surface area contributed by atoms with Crippen LogP contribution in [-0.4, -0.2) is 37.1 Å². The van der Waals surface area contributed by atoms with Crippen molar-refractivity contribution in [3.8, 4) is 11.5 Å². The molecule has 0 saturated heterocycles. The minimum Gasteiger partial charge on any atom is -0.506 e. The van der Waals surface area contributed by atoms with Crippen molar-refractivity contribution < 1.29 is 27.2 Å². The number of ether oxygens (including phenoxy) is 1. The highest BCUT2D eigenvalue weighted by molar-refractivity contribution is 7.84. The molecule has 0 spiro atoms. The van der Waals surface area contributed by atoms with E-state index in [1.165, 1.54) is 18.3 Å². The summed E-state index contributed by atoms with van der Waals surface area (Å²) in [6.07, 6.45) is -3.15. The topological polar surface area (TPSA) is 88.1 Å². The standard InChI is InChI=1S/C16H14F3N3O3S/c1-9-11(20-6-5-13(9)25-8-16(17,18)19)7-26(24)15-21-10-3-2-4-12(23)14(10)22-15/h2-6,23H,7-8H2,1H3,(H,21,22)/t26-/m0/s1. The number of imidazole rings is 1. The van der Waals surface area contributed by atoms with Crippen molar-refractivity contribution in [2.24, 2.45) is 0 Å². The monoisotopic (exact) mass is 385 g/mol. The summed E-state index contributed by atoms with van der Waals surface area (Å²) in [4.78, 5) is 11.0. The molecule has 26 heavy (non-hydrogen) atoms. The summed E-state index contributed by atoms with van der Waals surface area (Å²) >= 11 is 0. The van der Waals surface area contributed by atoms with Crippen molar-refractivity contribution in [2.75, 3.05) is 6.61 Å². The lowest BCUT2D eigenvalue weighted by atomic mass is 10.2. The summed E-state index contributed by atoms with van der Waals surface area (Å²) in [5.41, 5.74) is 1.54. The lowest BCUT2D eigenvalue weighted by Gasteiger charge is -2.13. The van der Waals surface area contributed by atoms with Crippen LogP contribution in [0.5, 0.6) is 11.5 Å². The largest absolute Gasteiger partial charge is 0.506 e. The lowest BCUT2D eigenvalue weighted by molar-refractivity contribution is -0.153. The van der Waals surface area contributed by atoms with E-state index in [9.17, 15) is 22.5 Å². The number of alkyl halides is 3. The number of aromatic nitrogens is 3. The van der Waals surface area contributed by atoms with Crippen LogP contribution in [0.3, 0.4) is 0 Å². The van der Waals surface area contributed by atoms with Gasteiger partial charge in [-0.05, 0) is 25.1 Å². The maximum absolute atomic E-state index is 12.6. The number of H-pyrrole nitrogens is 1. The summed E-state index contributed by atoms with van der Waals surface area (Å²) < 4.78 is 54.3. The highest BCUT2D eigenvalue weighted by Crippen LogP contribution is 2.26. The Labute approximate surface area is 148 Å². The van der Waals surface area contributed by atoms with Crippen molar-refractivity contribution in [1.29, 1.82) is 0 Å². The molecule has 138 valence electrons. The first-order chi connectivity index (χ1) is 12.2.